The van der Waals surface area contributed by atoms with Gasteiger partial charge in [0.2, 0.25) is 0 Å². The second kappa shape index (κ2) is 5.53. The van der Waals surface area contributed by atoms with Crippen LogP contribution < -0.4 is 0 Å². The van der Waals surface area contributed by atoms with Gasteiger partial charge in [-0.2, -0.15) is 0 Å². The monoisotopic (exact) mass is 342 g/mol. The topological polar surface area (TPSA) is 54.4 Å². The standard InChI is InChI=1S/C23H18O3/c24-22(18-7-8-20-15-3-4-16(11-15)21(20)12-18)17-5-1-14-10-19(23(25)26)6-2-13(14)9-17/h1-2,5-10,12,15-16H,3-4,11H2,(H,25,26). The van der Waals surface area contributed by atoms with E-state index in [1.54, 1.807) is 24.3 Å². The van der Waals surface area contributed by atoms with E-state index in [-0.39, 0.29) is 11.3 Å². The van der Waals surface area contributed by atoms with Gasteiger partial charge in [0.15, 0.2) is 5.78 Å². The molecule has 0 aliphatic heterocycles. The number of carboxylic acid groups (broad SMARTS) is 1. The molecule has 1 fully saturated rings. The lowest BCUT2D eigenvalue weighted by Crippen LogP contribution is -2.05. The van der Waals surface area contributed by atoms with Crippen molar-refractivity contribution in [2.45, 2.75) is 31.1 Å². The molecule has 0 heterocycles. The average molecular weight is 342 g/mol. The Balaban J connectivity index is 1.52. The molecule has 2 unspecified atom stereocenters. The number of aromatic carboxylic acids is 1. The van der Waals surface area contributed by atoms with Crippen molar-refractivity contribution in [3.8, 4) is 0 Å². The number of carbonyl (C=O) groups excluding carboxylic acids is 1. The van der Waals surface area contributed by atoms with Crippen LogP contribution in [0.25, 0.3) is 10.8 Å². The maximum Gasteiger partial charge on any atom is 0.335 e. The zero-order chi connectivity index (χ0) is 17.8. The van der Waals surface area contributed by atoms with Gasteiger partial charge in [-0.05, 0) is 77.3 Å². The fraction of sp³-hybridized carbons (Fsp3) is 0.217. The third kappa shape index (κ3) is 2.27. The van der Waals surface area contributed by atoms with Crippen molar-refractivity contribution in [1.82, 2.24) is 0 Å². The van der Waals surface area contributed by atoms with Crippen LogP contribution in [-0.2, 0) is 0 Å². The molecule has 26 heavy (non-hydrogen) atoms. The molecular weight excluding hydrogens is 324 g/mol. The third-order valence-corrected chi connectivity index (χ3v) is 6.01. The summed E-state index contributed by atoms with van der Waals surface area (Å²) in [4.78, 5) is 24.1. The van der Waals surface area contributed by atoms with E-state index in [1.807, 2.05) is 18.2 Å². The SMILES string of the molecule is O=C(O)c1ccc2cc(C(=O)c3ccc4c(c3)C3CCC4C3)ccc2c1. The van der Waals surface area contributed by atoms with E-state index >= 15 is 0 Å². The highest BCUT2D eigenvalue weighted by molar-refractivity contribution is 6.11. The molecule has 128 valence electrons. The first-order valence-corrected chi connectivity index (χ1v) is 9.06. The molecular formula is C23H18O3. The second-order valence-electron chi connectivity index (χ2n) is 7.46. The molecule has 0 amide bonds. The first-order valence-electron chi connectivity index (χ1n) is 9.06. The molecule has 5 rings (SSSR count). The summed E-state index contributed by atoms with van der Waals surface area (Å²) in [6, 6.07) is 16.6. The Labute approximate surface area is 151 Å². The van der Waals surface area contributed by atoms with E-state index in [1.165, 1.54) is 30.4 Å². The molecule has 2 bridgehead atoms. The molecule has 1 N–H and O–H groups in total. The van der Waals surface area contributed by atoms with Crippen LogP contribution in [0.3, 0.4) is 0 Å². The van der Waals surface area contributed by atoms with Crippen LogP contribution in [0.4, 0.5) is 0 Å². The number of hydrogen-bond acceptors (Lipinski definition) is 2. The Kier molecular flexibility index (Phi) is 3.26. The van der Waals surface area contributed by atoms with E-state index in [0.717, 1.165) is 16.3 Å². The molecule has 2 atom stereocenters. The van der Waals surface area contributed by atoms with Gasteiger partial charge in [-0.3, -0.25) is 4.79 Å². The van der Waals surface area contributed by atoms with Crippen LogP contribution in [0, 0.1) is 0 Å². The summed E-state index contributed by atoms with van der Waals surface area (Å²) in [5.74, 6) is 0.413. The minimum absolute atomic E-state index is 0.0276. The summed E-state index contributed by atoms with van der Waals surface area (Å²) in [5.41, 5.74) is 4.46. The maximum atomic E-state index is 13.0. The van der Waals surface area contributed by atoms with Crippen molar-refractivity contribution < 1.29 is 14.7 Å². The number of rotatable bonds is 3. The second-order valence-corrected chi connectivity index (χ2v) is 7.46. The summed E-state index contributed by atoms with van der Waals surface area (Å²) in [5, 5.41) is 10.8. The van der Waals surface area contributed by atoms with E-state index in [4.69, 9.17) is 5.11 Å². The van der Waals surface area contributed by atoms with Gasteiger partial charge in [0.1, 0.15) is 0 Å². The number of fused-ring (bicyclic) bond motifs is 6. The predicted molar refractivity (Wildman–Crippen MR) is 100 cm³/mol. The Bertz CT molecular complexity index is 1080. The first-order chi connectivity index (χ1) is 12.6. The van der Waals surface area contributed by atoms with Gasteiger partial charge in [-0.25, -0.2) is 4.79 Å². The molecule has 0 spiro atoms. The molecule has 1 saturated carbocycles. The summed E-state index contributed by atoms with van der Waals surface area (Å²) in [7, 11) is 0. The first kappa shape index (κ1) is 15.3. The van der Waals surface area contributed by atoms with Crippen LogP contribution >= 0.6 is 0 Å². The molecule has 3 aromatic carbocycles. The van der Waals surface area contributed by atoms with Gasteiger partial charge in [0, 0.05) is 11.1 Å². The zero-order valence-corrected chi connectivity index (χ0v) is 14.2. The fourth-order valence-corrected chi connectivity index (χ4v) is 4.67. The van der Waals surface area contributed by atoms with E-state index < -0.39 is 5.97 Å². The molecule has 3 heteroatoms. The summed E-state index contributed by atoms with van der Waals surface area (Å²) < 4.78 is 0. The van der Waals surface area contributed by atoms with Crippen LogP contribution in [0.15, 0.2) is 54.6 Å². The minimum Gasteiger partial charge on any atom is -0.478 e. The Morgan fingerprint density at radius 1 is 0.731 bits per heavy atom. The number of carboxylic acids is 1. The highest BCUT2D eigenvalue weighted by Gasteiger charge is 2.36. The summed E-state index contributed by atoms with van der Waals surface area (Å²) in [6.07, 6.45) is 3.78. The van der Waals surface area contributed by atoms with Crippen LogP contribution in [0.5, 0.6) is 0 Å². The molecule has 2 aliphatic carbocycles. The van der Waals surface area contributed by atoms with Crippen LogP contribution in [0.1, 0.15) is 68.5 Å². The molecule has 0 radical (unpaired) electrons. The van der Waals surface area contributed by atoms with Crippen molar-refractivity contribution in [1.29, 1.82) is 0 Å². The lowest BCUT2D eigenvalue weighted by atomic mass is 9.89. The fourth-order valence-electron chi connectivity index (χ4n) is 4.67. The summed E-state index contributed by atoms with van der Waals surface area (Å²) in [6.45, 7) is 0. The van der Waals surface area contributed by atoms with E-state index in [0.29, 0.717) is 17.4 Å². The highest BCUT2D eigenvalue weighted by atomic mass is 16.4. The third-order valence-electron chi connectivity index (χ3n) is 6.01. The number of hydrogen-bond donors (Lipinski definition) is 1. The lowest BCUT2D eigenvalue weighted by molar-refractivity contribution is 0.0697. The number of carbonyl (C=O) groups is 2. The van der Waals surface area contributed by atoms with Crippen molar-refractivity contribution >= 4 is 22.5 Å². The Hall–Kier alpha value is -2.94. The number of ketones is 1. The van der Waals surface area contributed by atoms with Crippen LogP contribution in [0.2, 0.25) is 0 Å². The average Bonchev–Trinajstić information content (AvgIpc) is 3.28. The Morgan fingerprint density at radius 2 is 1.31 bits per heavy atom. The lowest BCUT2D eigenvalue weighted by Gasteiger charge is -2.16. The maximum absolute atomic E-state index is 13.0. The zero-order valence-electron chi connectivity index (χ0n) is 14.2. The normalized spacial score (nSPS) is 20.3. The molecule has 3 nitrogen and oxygen atoms in total. The van der Waals surface area contributed by atoms with Gasteiger partial charge in [0.05, 0.1) is 5.56 Å². The largest absolute Gasteiger partial charge is 0.478 e. The van der Waals surface area contributed by atoms with E-state index in [2.05, 4.69) is 12.1 Å². The van der Waals surface area contributed by atoms with Gasteiger partial charge < -0.3 is 5.11 Å². The van der Waals surface area contributed by atoms with Crippen molar-refractivity contribution in [3.05, 3.63) is 82.4 Å². The predicted octanol–water partition coefficient (Wildman–Crippen LogP) is 5.13. The van der Waals surface area contributed by atoms with Crippen molar-refractivity contribution in [2.24, 2.45) is 0 Å². The van der Waals surface area contributed by atoms with Gasteiger partial charge >= 0.3 is 5.97 Å². The highest BCUT2D eigenvalue weighted by Crippen LogP contribution is 2.53. The van der Waals surface area contributed by atoms with Gasteiger partial charge in [0.25, 0.3) is 0 Å². The molecule has 3 aromatic rings. The Morgan fingerprint density at radius 3 is 2.04 bits per heavy atom. The van der Waals surface area contributed by atoms with Gasteiger partial charge in [-0.15, -0.1) is 0 Å². The number of benzene rings is 3. The van der Waals surface area contributed by atoms with E-state index in [9.17, 15) is 9.59 Å². The molecule has 2 aliphatic rings. The molecule has 0 saturated heterocycles. The van der Waals surface area contributed by atoms with Crippen molar-refractivity contribution in [3.63, 3.8) is 0 Å². The quantitative estimate of drug-likeness (QED) is 0.671. The smallest absolute Gasteiger partial charge is 0.335 e. The van der Waals surface area contributed by atoms with Gasteiger partial charge in [-0.1, -0.05) is 30.3 Å². The summed E-state index contributed by atoms with van der Waals surface area (Å²) >= 11 is 0. The molecule has 0 aromatic heterocycles. The minimum atomic E-state index is -0.945. The van der Waals surface area contributed by atoms with Crippen molar-refractivity contribution in [2.75, 3.05) is 0 Å². The van der Waals surface area contributed by atoms with Crippen LogP contribution in [-0.4, -0.2) is 16.9 Å².